The summed E-state index contributed by atoms with van der Waals surface area (Å²) in [5, 5.41) is 3.09. The van der Waals surface area contributed by atoms with Crippen LogP contribution in [-0.2, 0) is 0 Å². The van der Waals surface area contributed by atoms with Crippen LogP contribution in [0.3, 0.4) is 0 Å². The first-order chi connectivity index (χ1) is 5.88. The Hall–Kier alpha value is 0.456. The first-order valence-electron chi connectivity index (χ1n) is 3.59. The van der Waals surface area contributed by atoms with E-state index in [9.17, 15) is 0 Å². The Morgan fingerprint density at radius 1 is 1.14 bits per heavy atom. The smallest absolute Gasteiger partial charge is 1.00 e. The predicted molar refractivity (Wildman–Crippen MR) is 62.0 cm³/mol. The molecular formula is C10H6BrClMgS. The molecule has 0 atom stereocenters. The summed E-state index contributed by atoms with van der Waals surface area (Å²) in [6.45, 7) is 0. The van der Waals surface area contributed by atoms with Crippen molar-refractivity contribution in [2.24, 2.45) is 0 Å². The molecule has 0 N–H and O–H groups in total. The molecule has 0 spiro atoms. The minimum absolute atomic E-state index is 0. The first kappa shape index (κ1) is 14.5. The second kappa shape index (κ2) is 6.85. The van der Waals surface area contributed by atoms with Crippen molar-refractivity contribution in [1.82, 2.24) is 0 Å². The van der Waals surface area contributed by atoms with Crippen molar-refractivity contribution in [2.45, 2.75) is 0 Å². The Morgan fingerprint density at radius 3 is 2.29 bits per heavy atom. The summed E-state index contributed by atoms with van der Waals surface area (Å²) < 4.78 is 1.15. The molecule has 68 valence electrons. The zero-order valence-corrected chi connectivity index (χ0v) is 11.9. The SMILES string of the molecule is Brc1s[c-]cc1-c1ccccc1.[Cl-].[Mg+2]. The van der Waals surface area contributed by atoms with E-state index >= 15 is 0 Å². The van der Waals surface area contributed by atoms with Crippen molar-refractivity contribution in [2.75, 3.05) is 0 Å². The molecule has 0 aliphatic carbocycles. The van der Waals surface area contributed by atoms with Crippen LogP contribution in [0.5, 0.6) is 0 Å². The zero-order valence-electron chi connectivity index (χ0n) is 7.34. The Kier molecular flexibility index (Phi) is 7.07. The predicted octanol–water partition coefficient (Wildman–Crippen LogP) is 0.601. The fraction of sp³-hybridized carbons (Fsp3) is 0. The van der Waals surface area contributed by atoms with Crippen molar-refractivity contribution in [3.63, 3.8) is 0 Å². The van der Waals surface area contributed by atoms with E-state index in [1.807, 2.05) is 24.3 Å². The van der Waals surface area contributed by atoms with Crippen LogP contribution >= 0.6 is 27.3 Å². The number of rotatable bonds is 1. The minimum Gasteiger partial charge on any atom is -1.00 e. The molecule has 4 heteroatoms. The van der Waals surface area contributed by atoms with E-state index in [1.54, 1.807) is 11.3 Å². The van der Waals surface area contributed by atoms with Gasteiger partial charge in [-0.05, 0) is 0 Å². The maximum Gasteiger partial charge on any atom is 2.00 e. The fourth-order valence-corrected chi connectivity index (χ4v) is 2.26. The van der Waals surface area contributed by atoms with Crippen LogP contribution in [0.15, 0.2) is 40.2 Å². The van der Waals surface area contributed by atoms with Gasteiger partial charge in [-0.1, -0.05) is 39.7 Å². The van der Waals surface area contributed by atoms with Gasteiger partial charge in [0.05, 0.1) is 0 Å². The number of hydrogen-bond donors (Lipinski definition) is 0. The van der Waals surface area contributed by atoms with Crippen LogP contribution in [0.4, 0.5) is 0 Å². The summed E-state index contributed by atoms with van der Waals surface area (Å²) in [5.41, 5.74) is 2.46. The van der Waals surface area contributed by atoms with E-state index in [1.165, 1.54) is 11.1 Å². The van der Waals surface area contributed by atoms with E-state index in [0.717, 1.165) is 3.79 Å². The monoisotopic (exact) mass is 296 g/mol. The van der Waals surface area contributed by atoms with Gasteiger partial charge in [-0.15, -0.1) is 26.9 Å². The minimum atomic E-state index is 0. The quantitative estimate of drug-likeness (QED) is 0.534. The summed E-state index contributed by atoms with van der Waals surface area (Å²) in [6.07, 6.45) is 0. The molecule has 0 fully saturated rings. The molecule has 0 radical (unpaired) electrons. The van der Waals surface area contributed by atoms with E-state index < -0.39 is 0 Å². The molecule has 1 aromatic carbocycles. The second-order valence-electron chi connectivity index (χ2n) is 2.42. The van der Waals surface area contributed by atoms with Crippen LogP contribution in [-0.4, -0.2) is 23.1 Å². The third-order valence-electron chi connectivity index (χ3n) is 1.65. The van der Waals surface area contributed by atoms with Crippen molar-refractivity contribution < 1.29 is 12.4 Å². The third-order valence-corrected chi connectivity index (χ3v) is 3.20. The average Bonchev–Trinajstić information content (AvgIpc) is 2.53. The second-order valence-corrected chi connectivity index (χ2v) is 4.58. The molecule has 0 bridgehead atoms. The van der Waals surface area contributed by atoms with Gasteiger partial charge in [-0.3, -0.25) is 11.3 Å². The molecular weight excluding hydrogens is 292 g/mol. The summed E-state index contributed by atoms with van der Waals surface area (Å²) >= 11 is 5.08. The molecule has 0 saturated carbocycles. The molecule has 1 aromatic heterocycles. The number of benzene rings is 1. The molecule has 2 rings (SSSR count). The molecule has 2 aromatic rings. The van der Waals surface area contributed by atoms with Gasteiger partial charge in [0.1, 0.15) is 0 Å². The van der Waals surface area contributed by atoms with Crippen LogP contribution in [0, 0.1) is 5.38 Å². The van der Waals surface area contributed by atoms with Gasteiger partial charge >= 0.3 is 23.1 Å². The average molecular weight is 298 g/mol. The summed E-state index contributed by atoms with van der Waals surface area (Å²) in [4.78, 5) is 0. The standard InChI is InChI=1S/C10H6BrS.ClH.Mg/c11-10-9(6-7-12-10)8-4-2-1-3-5-8;;/h1-6H;1H;/q-1;;+2/p-1. The molecule has 0 amide bonds. The maximum atomic E-state index is 3.49. The summed E-state index contributed by atoms with van der Waals surface area (Å²) in [5.74, 6) is 0. The van der Waals surface area contributed by atoms with Crippen molar-refractivity contribution >= 4 is 50.3 Å². The normalized spacial score (nSPS) is 8.64. The third kappa shape index (κ3) is 3.24. The van der Waals surface area contributed by atoms with Crippen LogP contribution in [0.1, 0.15) is 0 Å². The number of halogens is 2. The van der Waals surface area contributed by atoms with E-state index in [0.29, 0.717) is 0 Å². The van der Waals surface area contributed by atoms with Crippen molar-refractivity contribution in [1.29, 1.82) is 0 Å². The van der Waals surface area contributed by atoms with Gasteiger partial charge in [0.25, 0.3) is 0 Å². The Balaban J connectivity index is 0.000000845. The molecule has 0 saturated heterocycles. The number of thiophene rings is 1. The largest absolute Gasteiger partial charge is 2.00 e. The Morgan fingerprint density at radius 2 is 1.79 bits per heavy atom. The van der Waals surface area contributed by atoms with E-state index in [4.69, 9.17) is 0 Å². The Labute approximate surface area is 118 Å². The molecule has 14 heavy (non-hydrogen) atoms. The van der Waals surface area contributed by atoms with Gasteiger partial charge < -0.3 is 12.4 Å². The summed E-state index contributed by atoms with van der Waals surface area (Å²) in [7, 11) is 0. The summed E-state index contributed by atoms with van der Waals surface area (Å²) in [6, 6.07) is 12.3. The fourth-order valence-electron chi connectivity index (χ4n) is 1.07. The topological polar surface area (TPSA) is 0 Å². The zero-order chi connectivity index (χ0) is 8.39. The van der Waals surface area contributed by atoms with Crippen LogP contribution in [0.25, 0.3) is 11.1 Å². The maximum absolute atomic E-state index is 3.49. The van der Waals surface area contributed by atoms with Crippen molar-refractivity contribution in [3.8, 4) is 11.1 Å². The molecule has 0 unspecified atom stereocenters. The molecule has 0 nitrogen and oxygen atoms in total. The van der Waals surface area contributed by atoms with Gasteiger partial charge in [-0.2, -0.15) is 6.07 Å². The van der Waals surface area contributed by atoms with Gasteiger partial charge in [0, 0.05) is 0 Å². The molecule has 0 aliphatic heterocycles. The molecule has 1 heterocycles. The van der Waals surface area contributed by atoms with Gasteiger partial charge in [0.15, 0.2) is 0 Å². The Bertz CT molecular complexity index is 375. The van der Waals surface area contributed by atoms with E-state index in [-0.39, 0.29) is 35.5 Å². The van der Waals surface area contributed by atoms with Crippen molar-refractivity contribution in [3.05, 3.63) is 45.6 Å². The van der Waals surface area contributed by atoms with Crippen LogP contribution in [0.2, 0.25) is 0 Å². The number of hydrogen-bond acceptors (Lipinski definition) is 1. The van der Waals surface area contributed by atoms with E-state index in [2.05, 4.69) is 33.4 Å². The first-order valence-corrected chi connectivity index (χ1v) is 5.19. The van der Waals surface area contributed by atoms with Gasteiger partial charge in [-0.25, -0.2) is 0 Å². The molecule has 0 aliphatic rings. The van der Waals surface area contributed by atoms with Gasteiger partial charge in [0.2, 0.25) is 0 Å². The van der Waals surface area contributed by atoms with Crippen LogP contribution < -0.4 is 12.4 Å².